The van der Waals surface area contributed by atoms with Gasteiger partial charge in [-0.15, -0.1) is 0 Å². The first-order valence-corrected chi connectivity index (χ1v) is 12.9. The quantitative estimate of drug-likeness (QED) is 0.178. The normalized spacial score (nSPS) is 36.5. The van der Waals surface area contributed by atoms with Gasteiger partial charge < -0.3 is 59.8 Å². The summed E-state index contributed by atoms with van der Waals surface area (Å²) in [5.41, 5.74) is -3.23. The van der Waals surface area contributed by atoms with Crippen LogP contribution in [0.15, 0.2) is 36.4 Å². The molecule has 2 fully saturated rings. The Kier molecular flexibility index (Phi) is 9.08. The third-order valence-electron chi connectivity index (χ3n) is 7.52. The number of aliphatic hydroxyl groups excluding tert-OH is 6. The van der Waals surface area contributed by atoms with Crippen molar-refractivity contribution in [3.8, 4) is 34.8 Å². The molecule has 0 amide bonds. The van der Waals surface area contributed by atoms with E-state index in [1.807, 2.05) is 12.1 Å². The van der Waals surface area contributed by atoms with Crippen LogP contribution in [-0.4, -0.2) is 114 Å². The van der Waals surface area contributed by atoms with Crippen LogP contribution >= 0.6 is 0 Å². The Morgan fingerprint density at radius 1 is 0.714 bits per heavy atom. The zero-order chi connectivity index (χ0) is 31.0. The van der Waals surface area contributed by atoms with E-state index in [9.17, 15) is 51.4 Å². The maximum atomic E-state index is 10.7. The van der Waals surface area contributed by atoms with Crippen molar-refractivity contribution in [2.75, 3.05) is 13.2 Å². The molecule has 2 aromatic rings. The van der Waals surface area contributed by atoms with Gasteiger partial charge in [-0.05, 0) is 49.2 Å². The maximum Gasteiger partial charge on any atom is 0.231 e. The van der Waals surface area contributed by atoms with E-state index in [1.54, 1.807) is 12.1 Å². The molecule has 2 saturated heterocycles. The molecule has 10 atom stereocenters. The predicted octanol–water partition coefficient (Wildman–Crippen LogP) is -1.77. The van der Waals surface area contributed by atoms with Crippen molar-refractivity contribution < 1.29 is 59.8 Å². The molecular weight excluding hydrogens is 556 g/mol. The summed E-state index contributed by atoms with van der Waals surface area (Å²) in [6.07, 6.45) is -12.2. The Morgan fingerprint density at radius 3 is 1.38 bits per heavy atom. The Bertz CT molecular complexity index is 1270. The van der Waals surface area contributed by atoms with Crippen molar-refractivity contribution in [2.24, 2.45) is 0 Å². The number of benzene rings is 2. The second-order valence-corrected chi connectivity index (χ2v) is 10.6. The van der Waals surface area contributed by atoms with Crippen LogP contribution in [0.3, 0.4) is 0 Å². The first-order chi connectivity index (χ1) is 19.8. The summed E-state index contributed by atoms with van der Waals surface area (Å²) in [5, 5.41) is 101. The average molecular weight is 589 g/mol. The molecule has 0 saturated carbocycles. The van der Waals surface area contributed by atoms with Crippen molar-refractivity contribution in [3.05, 3.63) is 47.5 Å². The van der Waals surface area contributed by atoms with E-state index in [0.717, 1.165) is 0 Å². The number of hydrogen-bond acceptors (Lipinski definition) is 14. The lowest BCUT2D eigenvalue weighted by Crippen LogP contribution is -2.66. The Hall–Kier alpha value is -3.38. The largest absolute Gasteiger partial charge is 0.460 e. The van der Waals surface area contributed by atoms with E-state index < -0.39 is 73.6 Å². The predicted molar refractivity (Wildman–Crippen MR) is 139 cm³/mol. The van der Waals surface area contributed by atoms with E-state index >= 15 is 0 Å². The minimum absolute atomic E-state index is 0.00105. The highest BCUT2D eigenvalue weighted by Gasteiger charge is 2.54. The van der Waals surface area contributed by atoms with Crippen LogP contribution in [0.4, 0.5) is 0 Å². The monoisotopic (exact) mass is 588 g/mol. The SMILES string of the molecule is C[C@@]1(O)[C@@H](Oc2ccc(-c3ccc(O[C@H]4O[C@H](CO)[C@@H](O)[C@H](O)[C@]4(C)O)c(C#N)c3)cc2C#N)O[C@H](CO)[C@@H](O)[C@@H]1O. The molecule has 0 bridgehead atoms. The third kappa shape index (κ3) is 5.66. The Morgan fingerprint density at radius 2 is 1.07 bits per heavy atom. The molecule has 0 spiro atoms. The van der Waals surface area contributed by atoms with Crippen molar-refractivity contribution in [3.63, 3.8) is 0 Å². The van der Waals surface area contributed by atoms with Crippen LogP contribution in [0, 0.1) is 22.7 Å². The van der Waals surface area contributed by atoms with Gasteiger partial charge in [0.2, 0.25) is 12.6 Å². The molecule has 2 aliphatic heterocycles. The topological polar surface area (TPSA) is 246 Å². The van der Waals surface area contributed by atoms with Crippen LogP contribution in [0.2, 0.25) is 0 Å². The second-order valence-electron chi connectivity index (χ2n) is 10.6. The van der Waals surface area contributed by atoms with Gasteiger partial charge in [0.15, 0.2) is 11.2 Å². The highest BCUT2D eigenvalue weighted by molar-refractivity contribution is 5.70. The highest BCUT2D eigenvalue weighted by Crippen LogP contribution is 2.36. The summed E-state index contributed by atoms with van der Waals surface area (Å²) in [6, 6.07) is 12.7. The number of nitrogens with zero attached hydrogens (tertiary/aromatic N) is 2. The van der Waals surface area contributed by atoms with E-state index in [1.165, 1.54) is 38.1 Å². The summed E-state index contributed by atoms with van der Waals surface area (Å²) in [4.78, 5) is 0. The number of nitriles is 2. The first-order valence-electron chi connectivity index (χ1n) is 12.9. The molecule has 2 aromatic carbocycles. The van der Waals surface area contributed by atoms with Gasteiger partial charge in [-0.25, -0.2) is 0 Å². The van der Waals surface area contributed by atoms with Crippen LogP contribution in [-0.2, 0) is 9.47 Å². The molecule has 14 heteroatoms. The molecule has 14 nitrogen and oxygen atoms in total. The summed E-state index contributed by atoms with van der Waals surface area (Å²) in [7, 11) is 0. The lowest BCUT2D eigenvalue weighted by molar-refractivity contribution is -0.314. The number of rotatable bonds is 7. The maximum absolute atomic E-state index is 10.7. The molecule has 42 heavy (non-hydrogen) atoms. The molecule has 226 valence electrons. The molecular formula is C28H32N2O12. The lowest BCUT2D eigenvalue weighted by Gasteiger charge is -2.45. The Labute approximate surface area is 240 Å². The molecule has 4 rings (SSSR count). The van der Waals surface area contributed by atoms with Crippen molar-refractivity contribution in [1.82, 2.24) is 0 Å². The summed E-state index contributed by atoms with van der Waals surface area (Å²) < 4.78 is 22.3. The van der Waals surface area contributed by atoms with Crippen LogP contribution < -0.4 is 9.47 Å². The molecule has 0 aromatic heterocycles. The molecule has 2 aliphatic rings. The van der Waals surface area contributed by atoms with Crippen LogP contribution in [0.25, 0.3) is 11.1 Å². The Balaban J connectivity index is 1.59. The zero-order valence-corrected chi connectivity index (χ0v) is 22.6. The minimum Gasteiger partial charge on any atom is -0.460 e. The average Bonchev–Trinajstić information content (AvgIpc) is 2.98. The van der Waals surface area contributed by atoms with Crippen LogP contribution in [0.5, 0.6) is 11.5 Å². The second kappa shape index (κ2) is 12.1. The highest BCUT2D eigenvalue weighted by atomic mass is 16.7. The van der Waals surface area contributed by atoms with Gasteiger partial charge in [-0.1, -0.05) is 12.1 Å². The van der Waals surface area contributed by atoms with Crippen molar-refractivity contribution in [1.29, 1.82) is 10.5 Å². The molecule has 0 radical (unpaired) electrons. The van der Waals surface area contributed by atoms with E-state index in [2.05, 4.69) is 0 Å². The third-order valence-corrected chi connectivity index (χ3v) is 7.52. The van der Waals surface area contributed by atoms with E-state index in [0.29, 0.717) is 11.1 Å². The first kappa shape index (κ1) is 31.6. The molecule has 2 heterocycles. The lowest BCUT2D eigenvalue weighted by atomic mass is 9.88. The summed E-state index contributed by atoms with van der Waals surface area (Å²) in [6.45, 7) is 1.04. The fourth-order valence-corrected chi connectivity index (χ4v) is 4.76. The fourth-order valence-electron chi connectivity index (χ4n) is 4.76. The number of aliphatic hydroxyl groups is 8. The van der Waals surface area contributed by atoms with Gasteiger partial charge in [0.25, 0.3) is 0 Å². The van der Waals surface area contributed by atoms with Crippen LogP contribution in [0.1, 0.15) is 25.0 Å². The van der Waals surface area contributed by atoms with E-state index in [-0.39, 0.29) is 22.6 Å². The minimum atomic E-state index is -2.09. The number of hydrogen-bond donors (Lipinski definition) is 8. The van der Waals surface area contributed by atoms with Crippen molar-refractivity contribution in [2.45, 2.75) is 74.3 Å². The summed E-state index contributed by atoms with van der Waals surface area (Å²) >= 11 is 0. The molecule has 0 unspecified atom stereocenters. The number of ether oxygens (including phenoxy) is 4. The van der Waals surface area contributed by atoms with Crippen molar-refractivity contribution >= 4 is 0 Å². The fraction of sp³-hybridized carbons (Fsp3) is 0.500. The smallest absolute Gasteiger partial charge is 0.231 e. The summed E-state index contributed by atoms with van der Waals surface area (Å²) in [5.74, 6) is -0.0498. The van der Waals surface area contributed by atoms with Gasteiger partial charge in [-0.2, -0.15) is 10.5 Å². The molecule has 8 N–H and O–H groups in total. The van der Waals surface area contributed by atoms with Gasteiger partial charge >= 0.3 is 0 Å². The molecule has 0 aliphatic carbocycles. The van der Waals surface area contributed by atoms with Gasteiger partial charge in [0, 0.05) is 0 Å². The standard InChI is InChI=1S/C28H32N2O12/c1-27(37)23(35)21(33)19(11-31)41-25(27)39-17-5-3-13(7-15(17)9-29)14-4-6-18(16(8-14)10-30)40-26-28(2,38)24(36)22(34)20(12-32)42-26/h3-8,19-26,31-38H,11-12H2,1-2H3/t19-,20-,21-,22-,23+,24+,25+,26+,27+,28+/m1/s1. The van der Waals surface area contributed by atoms with Gasteiger partial charge in [0.1, 0.15) is 60.3 Å². The van der Waals surface area contributed by atoms with Gasteiger partial charge in [-0.3, -0.25) is 0 Å². The zero-order valence-electron chi connectivity index (χ0n) is 22.6. The van der Waals surface area contributed by atoms with E-state index in [4.69, 9.17) is 18.9 Å². The van der Waals surface area contributed by atoms with Gasteiger partial charge in [0.05, 0.1) is 24.3 Å².